The summed E-state index contributed by atoms with van der Waals surface area (Å²) in [6, 6.07) is 11.5. The zero-order valence-electron chi connectivity index (χ0n) is 14.4. The summed E-state index contributed by atoms with van der Waals surface area (Å²) >= 11 is 6.02. The molecule has 0 aliphatic rings. The molecule has 0 saturated carbocycles. The molecule has 6 nitrogen and oxygen atoms in total. The van der Waals surface area contributed by atoms with Crippen molar-refractivity contribution in [3.05, 3.63) is 58.6 Å². The van der Waals surface area contributed by atoms with Gasteiger partial charge in [0, 0.05) is 5.56 Å². The summed E-state index contributed by atoms with van der Waals surface area (Å²) in [6.45, 7) is 2.54. The van der Waals surface area contributed by atoms with E-state index in [4.69, 9.17) is 21.1 Å². The molecular weight excluding hydrogens is 358 g/mol. The molecule has 7 heteroatoms. The van der Waals surface area contributed by atoms with Crippen LogP contribution in [0.2, 0.25) is 5.02 Å². The molecule has 1 N–H and O–H groups in total. The number of halogens is 1. The van der Waals surface area contributed by atoms with Gasteiger partial charge in [0.15, 0.2) is 19.0 Å². The van der Waals surface area contributed by atoms with Gasteiger partial charge in [0.2, 0.25) is 0 Å². The maximum Gasteiger partial charge on any atom is 0.344 e. The van der Waals surface area contributed by atoms with Gasteiger partial charge in [-0.15, -0.1) is 0 Å². The number of ketones is 1. The maximum absolute atomic E-state index is 11.8. The number of ether oxygens (including phenoxy) is 2. The molecule has 0 atom stereocenters. The highest BCUT2D eigenvalue weighted by Crippen LogP contribution is 2.22. The van der Waals surface area contributed by atoms with E-state index in [2.05, 4.69) is 5.32 Å². The molecule has 0 aromatic heterocycles. The predicted octanol–water partition coefficient (Wildman–Crippen LogP) is 3.41. The minimum Gasteiger partial charge on any atom is -0.482 e. The van der Waals surface area contributed by atoms with Gasteiger partial charge < -0.3 is 14.8 Å². The lowest BCUT2D eigenvalue weighted by atomic mass is 10.1. The molecule has 0 unspecified atom stereocenters. The number of hydrogen-bond donors (Lipinski definition) is 1. The molecule has 2 aromatic carbocycles. The lowest BCUT2D eigenvalue weighted by Gasteiger charge is -2.09. The van der Waals surface area contributed by atoms with Gasteiger partial charge in [-0.2, -0.15) is 0 Å². The maximum atomic E-state index is 11.8. The highest BCUT2D eigenvalue weighted by molar-refractivity contribution is 6.33. The van der Waals surface area contributed by atoms with Crippen LogP contribution in [0.5, 0.6) is 5.75 Å². The van der Waals surface area contributed by atoms with E-state index in [0.717, 1.165) is 5.56 Å². The summed E-state index contributed by atoms with van der Waals surface area (Å²) in [4.78, 5) is 34.6. The van der Waals surface area contributed by atoms with Crippen molar-refractivity contribution < 1.29 is 23.9 Å². The molecule has 1 amide bonds. The Hall–Kier alpha value is -2.86. The second kappa shape index (κ2) is 9.01. The highest BCUT2D eigenvalue weighted by Gasteiger charge is 2.10. The fourth-order valence-corrected chi connectivity index (χ4v) is 2.31. The molecule has 26 heavy (non-hydrogen) atoms. The molecule has 0 spiro atoms. The number of amides is 1. The van der Waals surface area contributed by atoms with Gasteiger partial charge in [0.25, 0.3) is 5.91 Å². The molecule has 136 valence electrons. The fraction of sp³-hybridized carbons (Fsp3) is 0.211. The van der Waals surface area contributed by atoms with Crippen LogP contribution in [0.25, 0.3) is 0 Å². The summed E-state index contributed by atoms with van der Waals surface area (Å²) in [5, 5.41) is 2.97. The van der Waals surface area contributed by atoms with Crippen LogP contribution in [0, 0.1) is 6.92 Å². The Balaban J connectivity index is 1.75. The zero-order valence-corrected chi connectivity index (χ0v) is 15.1. The number of carbonyl (C=O) groups excluding carboxylic acids is 3. The van der Waals surface area contributed by atoms with Crippen LogP contribution >= 0.6 is 11.6 Å². The van der Waals surface area contributed by atoms with E-state index in [1.165, 1.54) is 6.92 Å². The van der Waals surface area contributed by atoms with Crippen LogP contribution in [0.1, 0.15) is 22.8 Å². The number of rotatable bonds is 7. The summed E-state index contributed by atoms with van der Waals surface area (Å²) in [7, 11) is 0. The van der Waals surface area contributed by atoms with Crippen molar-refractivity contribution in [2.45, 2.75) is 13.8 Å². The average Bonchev–Trinajstić information content (AvgIpc) is 2.61. The smallest absolute Gasteiger partial charge is 0.344 e. The van der Waals surface area contributed by atoms with E-state index in [9.17, 15) is 14.4 Å². The molecule has 0 bridgehead atoms. The van der Waals surface area contributed by atoms with Gasteiger partial charge >= 0.3 is 5.97 Å². The monoisotopic (exact) mass is 375 g/mol. The predicted molar refractivity (Wildman–Crippen MR) is 97.7 cm³/mol. The van der Waals surface area contributed by atoms with Gasteiger partial charge in [-0.1, -0.05) is 17.7 Å². The van der Waals surface area contributed by atoms with Crippen molar-refractivity contribution in [2.75, 3.05) is 18.5 Å². The molecule has 0 aliphatic carbocycles. The van der Waals surface area contributed by atoms with Crippen LogP contribution in [0.4, 0.5) is 5.69 Å². The summed E-state index contributed by atoms with van der Waals surface area (Å²) in [6.07, 6.45) is 0. The number of anilines is 1. The third kappa shape index (κ3) is 5.89. The van der Waals surface area contributed by atoms with Crippen LogP contribution in [0.3, 0.4) is 0 Å². The lowest BCUT2D eigenvalue weighted by Crippen LogP contribution is -2.23. The van der Waals surface area contributed by atoms with Gasteiger partial charge in [-0.25, -0.2) is 4.79 Å². The van der Waals surface area contributed by atoms with E-state index in [1.807, 2.05) is 6.92 Å². The first kappa shape index (κ1) is 19.5. The Labute approximate surface area is 156 Å². The van der Waals surface area contributed by atoms with Crippen molar-refractivity contribution >= 4 is 34.9 Å². The average molecular weight is 376 g/mol. The number of carbonyl (C=O) groups is 3. The van der Waals surface area contributed by atoms with Crippen LogP contribution in [-0.2, 0) is 14.3 Å². The van der Waals surface area contributed by atoms with Gasteiger partial charge in [0.1, 0.15) is 5.75 Å². The number of Topliss-reactive ketones (excluding diaryl/α,β-unsaturated/α-hetero) is 1. The van der Waals surface area contributed by atoms with Crippen molar-refractivity contribution in [3.63, 3.8) is 0 Å². The molecule has 2 rings (SSSR count). The zero-order chi connectivity index (χ0) is 19.1. The van der Waals surface area contributed by atoms with E-state index in [0.29, 0.717) is 22.0 Å². The van der Waals surface area contributed by atoms with E-state index in [-0.39, 0.29) is 12.4 Å². The van der Waals surface area contributed by atoms with E-state index in [1.54, 1.807) is 42.5 Å². The quantitative estimate of drug-likeness (QED) is 0.592. The standard InChI is InChI=1S/C19H18ClNO5/c1-12-3-8-17(16(20)9-12)21-18(23)10-26-19(24)11-25-15-6-4-14(5-7-15)13(2)22/h3-9H,10-11H2,1-2H3,(H,21,23). The third-order valence-corrected chi connectivity index (χ3v) is 3.69. The number of benzene rings is 2. The molecular formula is C19H18ClNO5. The number of esters is 1. The summed E-state index contributed by atoms with van der Waals surface area (Å²) < 4.78 is 10.1. The number of nitrogens with one attached hydrogen (secondary N) is 1. The molecule has 0 radical (unpaired) electrons. The SMILES string of the molecule is CC(=O)c1ccc(OCC(=O)OCC(=O)Nc2ccc(C)cc2Cl)cc1. The van der Waals surface area contributed by atoms with E-state index >= 15 is 0 Å². The van der Waals surface area contributed by atoms with Crippen molar-refractivity contribution in [3.8, 4) is 5.75 Å². The van der Waals surface area contributed by atoms with Crippen LogP contribution in [-0.4, -0.2) is 30.9 Å². The highest BCUT2D eigenvalue weighted by atomic mass is 35.5. The molecule has 0 fully saturated rings. The normalized spacial score (nSPS) is 10.1. The number of aryl methyl sites for hydroxylation is 1. The summed E-state index contributed by atoms with van der Waals surface area (Å²) in [5.41, 5.74) is 1.96. The van der Waals surface area contributed by atoms with Gasteiger partial charge in [-0.05, 0) is 55.8 Å². The molecule has 0 heterocycles. The Kier molecular flexibility index (Phi) is 6.74. The first-order valence-corrected chi connectivity index (χ1v) is 8.18. The van der Waals surface area contributed by atoms with Gasteiger partial charge in [0.05, 0.1) is 10.7 Å². The molecule has 0 saturated heterocycles. The topological polar surface area (TPSA) is 81.7 Å². The second-order valence-electron chi connectivity index (χ2n) is 5.56. The minimum atomic E-state index is -0.689. The van der Waals surface area contributed by atoms with E-state index < -0.39 is 18.5 Å². The Bertz CT molecular complexity index is 817. The van der Waals surface area contributed by atoms with Crippen molar-refractivity contribution in [2.24, 2.45) is 0 Å². The Morgan fingerprint density at radius 3 is 2.35 bits per heavy atom. The van der Waals surface area contributed by atoms with Gasteiger partial charge in [-0.3, -0.25) is 9.59 Å². The molecule has 2 aromatic rings. The van der Waals surface area contributed by atoms with Crippen molar-refractivity contribution in [1.82, 2.24) is 0 Å². The largest absolute Gasteiger partial charge is 0.482 e. The number of hydrogen-bond acceptors (Lipinski definition) is 5. The first-order chi connectivity index (χ1) is 12.3. The lowest BCUT2D eigenvalue weighted by molar-refractivity contribution is -0.149. The fourth-order valence-electron chi connectivity index (χ4n) is 2.02. The molecule has 0 aliphatic heterocycles. The second-order valence-corrected chi connectivity index (χ2v) is 5.97. The minimum absolute atomic E-state index is 0.0596. The van der Waals surface area contributed by atoms with Crippen LogP contribution in [0.15, 0.2) is 42.5 Å². The Morgan fingerprint density at radius 2 is 1.73 bits per heavy atom. The third-order valence-electron chi connectivity index (χ3n) is 3.38. The van der Waals surface area contributed by atoms with Crippen LogP contribution < -0.4 is 10.1 Å². The van der Waals surface area contributed by atoms with Crippen molar-refractivity contribution in [1.29, 1.82) is 0 Å². The Morgan fingerprint density at radius 1 is 1.04 bits per heavy atom. The first-order valence-electron chi connectivity index (χ1n) is 7.80. The summed E-state index contributed by atoms with van der Waals surface area (Å²) in [5.74, 6) is -0.834.